The molecule has 1 nitrogen and oxygen atoms in total. The summed E-state index contributed by atoms with van der Waals surface area (Å²) in [5.41, 5.74) is 5.34. The van der Waals surface area contributed by atoms with Crippen LogP contribution in [0.2, 0.25) is 0 Å². The van der Waals surface area contributed by atoms with Crippen LogP contribution in [0.3, 0.4) is 0 Å². The van der Waals surface area contributed by atoms with Crippen molar-refractivity contribution in [2.45, 2.75) is 25.5 Å². The van der Waals surface area contributed by atoms with E-state index in [0.717, 1.165) is 12.3 Å². The van der Waals surface area contributed by atoms with Gasteiger partial charge in [0, 0.05) is 11.8 Å². The largest absolute Gasteiger partial charge is 0.329 e. The fraction of sp³-hybridized carbons (Fsp3) is 1.00. The Morgan fingerprint density at radius 1 is 1.50 bits per heavy atom. The van der Waals surface area contributed by atoms with Gasteiger partial charge in [-0.2, -0.15) is 12.6 Å². The summed E-state index contributed by atoms with van der Waals surface area (Å²) in [7, 11) is 0. The number of hydrogen-bond donors (Lipinski definition) is 2. The SMILES string of the molecule is CC(C)C[C@@H](S)CN. The summed E-state index contributed by atoms with van der Waals surface area (Å²) in [6.07, 6.45) is 1.12. The molecule has 0 aliphatic heterocycles. The molecule has 0 rings (SSSR count). The molecule has 0 saturated carbocycles. The van der Waals surface area contributed by atoms with Crippen molar-refractivity contribution in [1.82, 2.24) is 0 Å². The van der Waals surface area contributed by atoms with Crippen LogP contribution < -0.4 is 5.73 Å². The fourth-order valence-electron chi connectivity index (χ4n) is 0.640. The lowest BCUT2D eigenvalue weighted by Crippen LogP contribution is -2.15. The monoisotopic (exact) mass is 133 g/mol. The van der Waals surface area contributed by atoms with Crippen molar-refractivity contribution in [3.05, 3.63) is 0 Å². The van der Waals surface area contributed by atoms with Crippen molar-refractivity contribution in [1.29, 1.82) is 0 Å². The zero-order chi connectivity index (χ0) is 6.57. The van der Waals surface area contributed by atoms with Gasteiger partial charge in [0.05, 0.1) is 0 Å². The third-order valence-electron chi connectivity index (χ3n) is 1.02. The minimum Gasteiger partial charge on any atom is -0.329 e. The lowest BCUT2D eigenvalue weighted by molar-refractivity contribution is 0.573. The number of hydrogen-bond acceptors (Lipinski definition) is 2. The van der Waals surface area contributed by atoms with Crippen LogP contribution in [0.4, 0.5) is 0 Å². The standard InChI is InChI=1S/C6H15NS/c1-5(2)3-6(8)4-7/h5-6,8H,3-4,7H2,1-2H3/t6-/m1/s1. The van der Waals surface area contributed by atoms with E-state index < -0.39 is 0 Å². The molecule has 2 heteroatoms. The van der Waals surface area contributed by atoms with E-state index in [2.05, 4.69) is 26.5 Å². The van der Waals surface area contributed by atoms with Crippen molar-refractivity contribution >= 4 is 12.6 Å². The summed E-state index contributed by atoms with van der Waals surface area (Å²) in [5, 5.41) is 0.398. The van der Waals surface area contributed by atoms with E-state index in [0.29, 0.717) is 11.8 Å². The molecule has 0 aromatic heterocycles. The Morgan fingerprint density at radius 2 is 2.00 bits per heavy atom. The zero-order valence-electron chi connectivity index (χ0n) is 5.59. The second kappa shape index (κ2) is 4.21. The number of thiol groups is 1. The summed E-state index contributed by atoms with van der Waals surface area (Å²) in [4.78, 5) is 0. The van der Waals surface area contributed by atoms with Crippen LogP contribution >= 0.6 is 12.6 Å². The van der Waals surface area contributed by atoms with Gasteiger partial charge in [-0.1, -0.05) is 13.8 Å². The van der Waals surface area contributed by atoms with Gasteiger partial charge in [0.1, 0.15) is 0 Å². The topological polar surface area (TPSA) is 26.0 Å². The average Bonchev–Trinajstić information content (AvgIpc) is 1.65. The fourth-order valence-corrected chi connectivity index (χ4v) is 1.06. The van der Waals surface area contributed by atoms with Crippen LogP contribution in [-0.2, 0) is 0 Å². The van der Waals surface area contributed by atoms with Gasteiger partial charge in [-0.05, 0) is 12.3 Å². The van der Waals surface area contributed by atoms with Crippen LogP contribution in [0.25, 0.3) is 0 Å². The second-order valence-corrected chi connectivity index (χ2v) is 3.25. The minimum atomic E-state index is 0.398. The van der Waals surface area contributed by atoms with Gasteiger partial charge in [-0.15, -0.1) is 0 Å². The molecule has 0 amide bonds. The Balaban J connectivity index is 3.10. The first-order valence-corrected chi connectivity index (χ1v) is 3.56. The highest BCUT2D eigenvalue weighted by Gasteiger charge is 2.01. The van der Waals surface area contributed by atoms with E-state index in [9.17, 15) is 0 Å². The van der Waals surface area contributed by atoms with Gasteiger partial charge in [-0.25, -0.2) is 0 Å². The maximum atomic E-state index is 5.34. The van der Waals surface area contributed by atoms with E-state index in [1.807, 2.05) is 0 Å². The molecule has 0 aromatic carbocycles. The van der Waals surface area contributed by atoms with Gasteiger partial charge >= 0.3 is 0 Å². The summed E-state index contributed by atoms with van der Waals surface area (Å²) in [6.45, 7) is 5.05. The van der Waals surface area contributed by atoms with Crippen molar-refractivity contribution in [2.75, 3.05) is 6.54 Å². The van der Waals surface area contributed by atoms with E-state index >= 15 is 0 Å². The molecule has 2 N–H and O–H groups in total. The Bertz CT molecular complexity index is 54.5. The molecule has 0 aromatic rings. The van der Waals surface area contributed by atoms with Crippen molar-refractivity contribution < 1.29 is 0 Å². The lowest BCUT2D eigenvalue weighted by atomic mass is 10.1. The highest BCUT2D eigenvalue weighted by molar-refractivity contribution is 7.81. The van der Waals surface area contributed by atoms with Crippen LogP contribution in [0.1, 0.15) is 20.3 Å². The lowest BCUT2D eigenvalue weighted by Gasteiger charge is -2.08. The molecule has 0 saturated heterocycles. The molecule has 0 spiro atoms. The van der Waals surface area contributed by atoms with Crippen LogP contribution in [0.15, 0.2) is 0 Å². The Kier molecular flexibility index (Phi) is 4.38. The first-order chi connectivity index (χ1) is 3.66. The predicted molar refractivity (Wildman–Crippen MR) is 41.3 cm³/mol. The van der Waals surface area contributed by atoms with E-state index in [1.165, 1.54) is 0 Å². The van der Waals surface area contributed by atoms with Crippen LogP contribution in [-0.4, -0.2) is 11.8 Å². The smallest absolute Gasteiger partial charge is 0.0142 e. The first-order valence-electron chi connectivity index (χ1n) is 3.05. The van der Waals surface area contributed by atoms with Crippen molar-refractivity contribution in [2.24, 2.45) is 11.7 Å². The van der Waals surface area contributed by atoms with Crippen molar-refractivity contribution in [3.63, 3.8) is 0 Å². The average molecular weight is 133 g/mol. The van der Waals surface area contributed by atoms with Gasteiger partial charge in [0.2, 0.25) is 0 Å². The molecule has 0 unspecified atom stereocenters. The van der Waals surface area contributed by atoms with Gasteiger partial charge in [0.25, 0.3) is 0 Å². The maximum Gasteiger partial charge on any atom is 0.0142 e. The molecule has 50 valence electrons. The predicted octanol–water partition coefficient (Wildman–Crippen LogP) is 1.29. The highest BCUT2D eigenvalue weighted by atomic mass is 32.1. The quantitative estimate of drug-likeness (QED) is 0.557. The van der Waals surface area contributed by atoms with E-state index in [4.69, 9.17) is 5.73 Å². The molecule has 0 bridgehead atoms. The zero-order valence-corrected chi connectivity index (χ0v) is 6.49. The maximum absolute atomic E-state index is 5.34. The molecule has 0 heterocycles. The number of nitrogens with two attached hydrogens (primary N) is 1. The van der Waals surface area contributed by atoms with Gasteiger partial charge in [-0.3, -0.25) is 0 Å². The molecule has 8 heavy (non-hydrogen) atoms. The van der Waals surface area contributed by atoms with Gasteiger partial charge in [0.15, 0.2) is 0 Å². The molecule has 0 aliphatic carbocycles. The first kappa shape index (κ1) is 8.31. The van der Waals surface area contributed by atoms with Crippen molar-refractivity contribution in [3.8, 4) is 0 Å². The van der Waals surface area contributed by atoms with E-state index in [-0.39, 0.29) is 0 Å². The second-order valence-electron chi connectivity index (χ2n) is 2.52. The van der Waals surface area contributed by atoms with Crippen LogP contribution in [0, 0.1) is 5.92 Å². The molecule has 0 aliphatic rings. The molecular weight excluding hydrogens is 118 g/mol. The molecule has 0 radical (unpaired) electrons. The minimum absolute atomic E-state index is 0.398. The number of rotatable bonds is 3. The van der Waals surface area contributed by atoms with E-state index in [1.54, 1.807) is 0 Å². The third kappa shape index (κ3) is 4.47. The van der Waals surface area contributed by atoms with Gasteiger partial charge < -0.3 is 5.73 Å². The summed E-state index contributed by atoms with van der Waals surface area (Å²) < 4.78 is 0. The Labute approximate surface area is 57.1 Å². The normalized spacial score (nSPS) is 14.6. The summed E-state index contributed by atoms with van der Waals surface area (Å²) >= 11 is 4.24. The van der Waals surface area contributed by atoms with Crippen LogP contribution in [0.5, 0.6) is 0 Å². The molecule has 1 atom stereocenters. The molecule has 0 fully saturated rings. The molecular formula is C6H15NS. The Hall–Kier alpha value is 0.310. The summed E-state index contributed by atoms with van der Waals surface area (Å²) in [5.74, 6) is 0.723. The summed E-state index contributed by atoms with van der Waals surface area (Å²) in [6, 6.07) is 0. The highest BCUT2D eigenvalue weighted by Crippen LogP contribution is 2.07. The third-order valence-corrected chi connectivity index (χ3v) is 1.44. The Morgan fingerprint density at radius 3 is 2.12 bits per heavy atom.